The second-order valence-corrected chi connectivity index (χ2v) is 18.9. The molecule has 0 aliphatic heterocycles. The number of alkyl halides is 38. The van der Waals surface area contributed by atoms with Gasteiger partial charge in [-0.05, 0) is 6.92 Å². The fourth-order valence-electron chi connectivity index (χ4n) is 0.217. The molecule has 0 aliphatic carbocycles. The summed E-state index contributed by atoms with van der Waals surface area (Å²) >= 11 is 182. The lowest BCUT2D eigenvalue weighted by atomic mass is 10.4. The van der Waals surface area contributed by atoms with Gasteiger partial charge in [0, 0.05) is 6.42 Å². The highest BCUT2D eigenvalue weighted by Crippen LogP contribution is 2.05. The number of carbonyl (C=O) groups excluding carboxylic acids is 1. The van der Waals surface area contributed by atoms with Gasteiger partial charge in [-0.25, -0.2) is 0 Å². The molecular weight excluding hydrogens is 1630 g/mol. The van der Waals surface area contributed by atoms with Gasteiger partial charge in [0.15, 0.2) is 0 Å². The zero-order valence-electron chi connectivity index (χ0n) is 30.3. The largest absolute Gasteiger partial charge is 0.300 e. The van der Waals surface area contributed by atoms with Crippen LogP contribution >= 0.6 is 441 Å². The first-order valence-electron chi connectivity index (χ1n) is 11.5. The van der Waals surface area contributed by atoms with Crippen molar-refractivity contribution in [1.82, 2.24) is 0 Å². The van der Waals surface area contributed by atoms with Crippen LogP contribution in [0, 0.1) is 0 Å². The van der Waals surface area contributed by atoms with E-state index < -0.39 is 4.84 Å². The number of halogens is 38. The second kappa shape index (κ2) is 270. The molecule has 0 aromatic carbocycles. The summed E-state index contributed by atoms with van der Waals surface area (Å²) in [6.45, 7) is 1.46. The average Bonchev–Trinajstić information content (AvgIpc) is 3.11. The van der Waals surface area contributed by atoms with E-state index in [1.165, 1.54) is 6.92 Å². The Labute approximate surface area is 556 Å². The molecule has 0 saturated heterocycles. The molecule has 0 spiro atoms. The van der Waals surface area contributed by atoms with Crippen LogP contribution in [-0.4, -0.2) is 107 Å². The van der Waals surface area contributed by atoms with E-state index in [1.54, 1.807) is 0 Å². The van der Waals surface area contributed by atoms with Crippen LogP contribution in [0.15, 0.2) is 0 Å². The molecule has 0 heterocycles. The molecular formula is C22H42Cl38O. The van der Waals surface area contributed by atoms with Gasteiger partial charge in [-0.3, -0.25) is 4.79 Å². The highest BCUT2D eigenvalue weighted by Gasteiger charge is 2.00. The Morgan fingerprint density at radius 1 is 0.230 bits per heavy atom. The molecule has 0 rings (SSSR count). The normalized spacial score (nSPS) is 6.43. The first-order chi connectivity index (χ1) is 28.6. The molecule has 0 saturated carbocycles. The molecule has 0 amide bonds. The summed E-state index contributed by atoms with van der Waals surface area (Å²) in [7, 11) is 0. The number of rotatable bonds is 2. The monoisotopic (exact) mass is 1650 g/mol. The quantitative estimate of drug-likeness (QED) is 0.252. The van der Waals surface area contributed by atoms with Crippen molar-refractivity contribution in [2.75, 3.05) is 96.1 Å². The van der Waals surface area contributed by atoms with E-state index in [1.807, 2.05) is 0 Å². The van der Waals surface area contributed by atoms with Crippen LogP contribution < -0.4 is 0 Å². The maximum atomic E-state index is 10.1. The summed E-state index contributed by atoms with van der Waals surface area (Å²) < 4.78 is 0. The summed E-state index contributed by atoms with van der Waals surface area (Å²) in [5, 5.41) is 3.50. The van der Waals surface area contributed by atoms with Gasteiger partial charge >= 0.3 is 0 Å². The van der Waals surface area contributed by atoms with Crippen LogP contribution in [0.3, 0.4) is 0 Å². The van der Waals surface area contributed by atoms with Crippen molar-refractivity contribution >= 4 is 447 Å². The van der Waals surface area contributed by atoms with E-state index >= 15 is 0 Å². The Bertz CT molecular complexity index is 252. The molecule has 1 nitrogen and oxygen atoms in total. The van der Waals surface area contributed by atoms with Gasteiger partial charge in [-0.15, -0.1) is 441 Å². The van der Waals surface area contributed by atoms with Crippen LogP contribution in [0.25, 0.3) is 0 Å². The third kappa shape index (κ3) is 1550. The van der Waals surface area contributed by atoms with Crippen LogP contribution in [0.5, 0.6) is 0 Å². The third-order valence-corrected chi connectivity index (χ3v) is 0.750. The van der Waals surface area contributed by atoms with Gasteiger partial charge < -0.3 is 0 Å². The number of carbonyl (C=O) groups is 1. The molecule has 0 atom stereocenters. The molecule has 0 aliphatic rings. The maximum absolute atomic E-state index is 10.1. The summed E-state index contributed by atoms with van der Waals surface area (Å²) in [5.41, 5.74) is 0. The molecule has 0 bridgehead atoms. The molecule has 0 aromatic heterocycles. The highest BCUT2D eigenvalue weighted by atomic mass is 35.6. The van der Waals surface area contributed by atoms with Crippen LogP contribution in [0.2, 0.25) is 0 Å². The summed E-state index contributed by atoms with van der Waals surface area (Å²) in [6, 6.07) is 0. The fraction of sp³-hybridized carbons (Fsp3) is 0.955. The lowest BCUT2D eigenvalue weighted by Crippen LogP contribution is -1.95. The standard InChI is InChI=1S/C4H6Cl2O.18CH2Cl2/c1-3(7)2-4(5)6;18*2-1-3/h4H,2H2,1H3;18*1H2. The van der Waals surface area contributed by atoms with Crippen molar-refractivity contribution in [3.05, 3.63) is 0 Å². The van der Waals surface area contributed by atoms with E-state index in [-0.39, 0.29) is 108 Å². The Kier molecular flexibility index (Phi) is 570. The molecule has 39 heteroatoms. The number of hydrogen-bond acceptors (Lipinski definition) is 1. The van der Waals surface area contributed by atoms with Crippen molar-refractivity contribution in [3.8, 4) is 0 Å². The van der Waals surface area contributed by atoms with Gasteiger partial charge in [0.2, 0.25) is 0 Å². The van der Waals surface area contributed by atoms with Crippen LogP contribution in [-0.2, 0) is 4.79 Å². The number of hydrogen-bond donors (Lipinski definition) is 0. The van der Waals surface area contributed by atoms with E-state index in [2.05, 4.69) is 0 Å². The van der Waals surface area contributed by atoms with Gasteiger partial charge in [-0.1, -0.05) is 0 Å². The van der Waals surface area contributed by atoms with Gasteiger partial charge in [0.25, 0.3) is 0 Å². The average molecular weight is 1670 g/mol. The minimum Gasteiger partial charge on any atom is -0.300 e. The highest BCUT2D eigenvalue weighted by molar-refractivity contribution is 6.46. The molecule has 402 valence electrons. The lowest BCUT2D eigenvalue weighted by molar-refractivity contribution is -0.116. The topological polar surface area (TPSA) is 17.1 Å². The molecule has 0 N–H and O–H groups in total. The number of ketones is 1. The first kappa shape index (κ1) is 129. The second-order valence-electron chi connectivity index (χ2n) is 3.12. The van der Waals surface area contributed by atoms with Crippen molar-refractivity contribution in [2.45, 2.75) is 18.2 Å². The SMILES string of the molecule is CC(=O)CC(Cl)Cl.ClCCl.ClCCl.ClCCl.ClCCl.ClCCl.ClCCl.ClCCl.ClCCl.ClCCl.ClCCl.ClCCl.ClCCl.ClCCl.ClCCl.ClCCl.ClCCl.ClCCl.ClCCl. The Balaban J connectivity index is -0.0000000181. The van der Waals surface area contributed by atoms with Gasteiger partial charge in [0.05, 0.1) is 96.1 Å². The smallest absolute Gasteiger partial charge is 0.132 e. The lowest BCUT2D eigenvalue weighted by Gasteiger charge is -1.90. The van der Waals surface area contributed by atoms with Crippen molar-refractivity contribution < 1.29 is 4.79 Å². The molecule has 0 unspecified atom stereocenters. The maximum Gasteiger partial charge on any atom is 0.132 e. The van der Waals surface area contributed by atoms with Crippen LogP contribution in [0.1, 0.15) is 13.3 Å². The number of Topliss-reactive ketones (excluding diaryl/α,β-unsaturated/α-hetero) is 1. The van der Waals surface area contributed by atoms with Crippen molar-refractivity contribution in [1.29, 1.82) is 0 Å². The molecule has 0 fully saturated rings. The van der Waals surface area contributed by atoms with Gasteiger partial charge in [-0.2, -0.15) is 0 Å². The van der Waals surface area contributed by atoms with E-state index in [4.69, 9.17) is 441 Å². The minimum atomic E-state index is -0.530. The summed E-state index contributed by atoms with van der Waals surface area (Å²) in [6.07, 6.45) is 0.253. The Morgan fingerprint density at radius 3 is 0.279 bits per heavy atom. The zero-order valence-corrected chi connectivity index (χ0v) is 59.0. The zero-order chi connectivity index (χ0) is 54.6. The first-order valence-corrected chi connectivity index (χ1v) is 31.6. The predicted octanol–water partition coefficient (Wildman–Crippen LogP) is 27.4. The Morgan fingerprint density at radius 2 is 0.279 bits per heavy atom. The van der Waals surface area contributed by atoms with E-state index in [0.29, 0.717) is 0 Å². The molecule has 0 radical (unpaired) electrons. The van der Waals surface area contributed by atoms with Crippen molar-refractivity contribution in [3.63, 3.8) is 0 Å². The van der Waals surface area contributed by atoms with E-state index in [9.17, 15) is 4.79 Å². The molecule has 61 heavy (non-hydrogen) atoms. The third-order valence-electron chi connectivity index (χ3n) is 0.442. The Hall–Kier alpha value is 10.7. The minimum absolute atomic E-state index is 0.0231. The molecule has 0 aromatic rings. The van der Waals surface area contributed by atoms with Crippen molar-refractivity contribution in [2.24, 2.45) is 0 Å². The van der Waals surface area contributed by atoms with Crippen LogP contribution in [0.4, 0.5) is 0 Å². The summed E-state index contributed by atoms with van der Waals surface area (Å²) in [4.78, 5) is 9.56. The van der Waals surface area contributed by atoms with E-state index in [0.717, 1.165) is 0 Å². The van der Waals surface area contributed by atoms with Gasteiger partial charge in [0.1, 0.15) is 10.6 Å². The summed E-state index contributed by atoms with van der Waals surface area (Å²) in [5.74, 6) is 0.0231. The fourth-order valence-corrected chi connectivity index (χ4v) is 0.652. The predicted molar refractivity (Wildman–Crippen MR) is 329 cm³/mol.